The molecule has 2 heterocycles. The van der Waals surface area contributed by atoms with Gasteiger partial charge in [-0.3, -0.25) is 9.59 Å². The summed E-state index contributed by atoms with van der Waals surface area (Å²) in [5.41, 5.74) is 3.39. The number of aromatic amines is 1. The third kappa shape index (κ3) is 0.960. The number of ketones is 2. The monoisotopic (exact) mass is 202 g/mol. The molecular weight excluding hydrogens is 192 g/mol. The Morgan fingerprint density at radius 1 is 1.40 bits per heavy atom. The third-order valence-corrected chi connectivity index (χ3v) is 3.06. The molecule has 1 aromatic rings. The van der Waals surface area contributed by atoms with Crippen LogP contribution < -0.4 is 0 Å². The topological polar surface area (TPSA) is 53.2 Å². The number of rotatable bonds is 0. The van der Waals surface area contributed by atoms with E-state index in [1.807, 2.05) is 18.1 Å². The maximum absolute atomic E-state index is 11.6. The van der Waals surface area contributed by atoms with Crippen molar-refractivity contribution < 1.29 is 9.59 Å². The van der Waals surface area contributed by atoms with Gasteiger partial charge in [0, 0.05) is 31.4 Å². The summed E-state index contributed by atoms with van der Waals surface area (Å²) in [6.07, 6.45) is 4.20. The van der Waals surface area contributed by atoms with E-state index in [1.165, 1.54) is 6.08 Å². The van der Waals surface area contributed by atoms with Crippen LogP contribution in [0.3, 0.4) is 0 Å². The Morgan fingerprint density at radius 3 is 3.00 bits per heavy atom. The number of hydrogen-bond acceptors (Lipinski definition) is 3. The summed E-state index contributed by atoms with van der Waals surface area (Å²) in [6, 6.07) is 0. The Morgan fingerprint density at radius 2 is 2.20 bits per heavy atom. The Bertz CT molecular complexity index is 511. The molecule has 3 rings (SSSR count). The van der Waals surface area contributed by atoms with E-state index in [4.69, 9.17) is 0 Å². The average molecular weight is 202 g/mol. The predicted octanol–water partition coefficient (Wildman–Crippen LogP) is 0.609. The molecule has 0 fully saturated rings. The first-order chi connectivity index (χ1) is 7.18. The van der Waals surface area contributed by atoms with E-state index in [1.54, 1.807) is 0 Å². The smallest absolute Gasteiger partial charge is 0.249 e. The van der Waals surface area contributed by atoms with Gasteiger partial charge in [-0.05, 0) is 12.0 Å². The van der Waals surface area contributed by atoms with Gasteiger partial charge in [0.15, 0.2) is 0 Å². The molecular formula is C11H10N2O2. The van der Waals surface area contributed by atoms with Crippen LogP contribution in [0.25, 0.3) is 5.70 Å². The highest BCUT2D eigenvalue weighted by Gasteiger charge is 2.33. The molecule has 0 amide bonds. The molecule has 1 aliphatic heterocycles. The van der Waals surface area contributed by atoms with Crippen molar-refractivity contribution in [2.75, 3.05) is 13.6 Å². The van der Waals surface area contributed by atoms with Gasteiger partial charge in [0.25, 0.3) is 0 Å². The number of nitrogens with one attached hydrogen (secondary N) is 1. The van der Waals surface area contributed by atoms with Gasteiger partial charge in [0.05, 0.1) is 5.70 Å². The van der Waals surface area contributed by atoms with E-state index in [0.717, 1.165) is 29.8 Å². The number of H-pyrrole nitrogens is 1. The zero-order chi connectivity index (χ0) is 10.6. The highest BCUT2D eigenvalue weighted by atomic mass is 16.2. The molecule has 15 heavy (non-hydrogen) atoms. The second-order valence-corrected chi connectivity index (χ2v) is 3.96. The van der Waals surface area contributed by atoms with Crippen molar-refractivity contribution in [3.8, 4) is 0 Å². The summed E-state index contributed by atoms with van der Waals surface area (Å²) in [7, 11) is 1.94. The fourth-order valence-electron chi connectivity index (χ4n) is 2.23. The predicted molar refractivity (Wildman–Crippen MR) is 54.4 cm³/mol. The number of hydrogen-bond donors (Lipinski definition) is 1. The molecule has 4 nitrogen and oxygen atoms in total. The Balaban J connectivity index is 2.31. The van der Waals surface area contributed by atoms with Crippen molar-refractivity contribution in [2.24, 2.45) is 0 Å². The molecule has 4 heteroatoms. The summed E-state index contributed by atoms with van der Waals surface area (Å²) in [5.74, 6) is -0.852. The molecule has 0 unspecified atom stereocenters. The lowest BCUT2D eigenvalue weighted by atomic mass is 9.92. The fourth-order valence-corrected chi connectivity index (χ4v) is 2.23. The van der Waals surface area contributed by atoms with Crippen molar-refractivity contribution >= 4 is 17.3 Å². The third-order valence-electron chi connectivity index (χ3n) is 3.06. The zero-order valence-electron chi connectivity index (χ0n) is 8.33. The molecule has 0 aromatic carbocycles. The first-order valence-electron chi connectivity index (χ1n) is 4.90. The van der Waals surface area contributed by atoms with Gasteiger partial charge in [-0.2, -0.15) is 0 Å². The molecule has 0 atom stereocenters. The first kappa shape index (κ1) is 8.47. The van der Waals surface area contributed by atoms with Crippen molar-refractivity contribution in [3.05, 3.63) is 29.1 Å². The molecule has 1 aromatic heterocycles. The summed E-state index contributed by atoms with van der Waals surface area (Å²) in [4.78, 5) is 27.9. The Kier molecular flexibility index (Phi) is 1.46. The molecule has 0 bridgehead atoms. The minimum absolute atomic E-state index is 0.421. The van der Waals surface area contributed by atoms with Crippen LogP contribution in [0.4, 0.5) is 0 Å². The maximum atomic E-state index is 11.6. The van der Waals surface area contributed by atoms with Crippen molar-refractivity contribution in [1.29, 1.82) is 0 Å². The molecule has 1 aliphatic carbocycles. The van der Waals surface area contributed by atoms with Crippen LogP contribution in [0.15, 0.2) is 12.3 Å². The minimum Gasteiger partial charge on any atom is -0.374 e. The van der Waals surface area contributed by atoms with Crippen LogP contribution in [-0.4, -0.2) is 35.0 Å². The van der Waals surface area contributed by atoms with E-state index >= 15 is 0 Å². The van der Waals surface area contributed by atoms with Gasteiger partial charge in [0.1, 0.15) is 5.69 Å². The van der Waals surface area contributed by atoms with Crippen molar-refractivity contribution in [2.45, 2.75) is 6.42 Å². The number of nitrogens with zero attached hydrogens (tertiary/aromatic N) is 1. The summed E-state index contributed by atoms with van der Waals surface area (Å²) >= 11 is 0. The lowest BCUT2D eigenvalue weighted by Gasteiger charge is -2.29. The standard InChI is InChI=1S/C11H10N2O2/c1-13-3-2-6-5-12-10-9(6)7(13)4-8(14)11(10)15/h4-5,12H,2-3H2,1H3. The minimum atomic E-state index is -0.431. The highest BCUT2D eigenvalue weighted by molar-refractivity contribution is 6.50. The Hall–Kier alpha value is -1.84. The van der Waals surface area contributed by atoms with Crippen LogP contribution in [0.1, 0.15) is 21.6 Å². The number of carbonyl (C=O) groups excluding carboxylic acids is 2. The van der Waals surface area contributed by atoms with Crippen LogP contribution in [0, 0.1) is 0 Å². The average Bonchev–Trinajstić information content (AvgIpc) is 2.64. The number of Topliss-reactive ketones (excluding diaryl/α,β-unsaturated/α-hetero) is 1. The number of likely N-dealkylation sites (N-methyl/N-ethyl adjacent to an activating group) is 1. The molecule has 0 spiro atoms. The molecule has 0 saturated heterocycles. The van der Waals surface area contributed by atoms with Crippen LogP contribution >= 0.6 is 0 Å². The SMILES string of the molecule is CN1CCc2c[nH]c3c2C1=CC(=O)C3=O. The van der Waals surface area contributed by atoms with Crippen molar-refractivity contribution in [1.82, 2.24) is 9.88 Å². The van der Waals surface area contributed by atoms with E-state index in [-0.39, 0.29) is 0 Å². The lowest BCUT2D eigenvalue weighted by molar-refractivity contribution is -0.111. The van der Waals surface area contributed by atoms with Crippen molar-refractivity contribution in [3.63, 3.8) is 0 Å². The highest BCUT2D eigenvalue weighted by Crippen LogP contribution is 2.33. The van der Waals surface area contributed by atoms with E-state index < -0.39 is 11.6 Å². The fraction of sp³-hybridized carbons (Fsp3) is 0.273. The lowest BCUT2D eigenvalue weighted by Crippen LogP contribution is -2.30. The first-order valence-corrected chi connectivity index (χ1v) is 4.90. The van der Waals surface area contributed by atoms with Gasteiger partial charge < -0.3 is 9.88 Å². The number of allylic oxidation sites excluding steroid dienone is 1. The summed E-state index contributed by atoms with van der Waals surface area (Å²) in [5, 5.41) is 0. The second-order valence-electron chi connectivity index (χ2n) is 3.96. The van der Waals surface area contributed by atoms with E-state index in [9.17, 15) is 9.59 Å². The number of carbonyl (C=O) groups is 2. The van der Waals surface area contributed by atoms with Gasteiger partial charge in [-0.25, -0.2) is 0 Å². The zero-order valence-corrected chi connectivity index (χ0v) is 8.33. The summed E-state index contributed by atoms with van der Waals surface area (Å²) < 4.78 is 0. The van der Waals surface area contributed by atoms with Crippen LogP contribution in [0.2, 0.25) is 0 Å². The normalized spacial score (nSPS) is 19.0. The molecule has 2 aliphatic rings. The van der Waals surface area contributed by atoms with Crippen LogP contribution in [-0.2, 0) is 11.2 Å². The molecule has 76 valence electrons. The molecule has 0 saturated carbocycles. The number of aromatic nitrogens is 1. The van der Waals surface area contributed by atoms with E-state index in [2.05, 4.69) is 4.98 Å². The molecule has 1 N–H and O–H groups in total. The maximum Gasteiger partial charge on any atom is 0.249 e. The summed E-state index contributed by atoms with van der Waals surface area (Å²) in [6.45, 7) is 0.887. The van der Waals surface area contributed by atoms with Gasteiger partial charge in [-0.15, -0.1) is 0 Å². The van der Waals surface area contributed by atoms with E-state index in [0.29, 0.717) is 5.69 Å². The van der Waals surface area contributed by atoms with Gasteiger partial charge in [-0.1, -0.05) is 0 Å². The van der Waals surface area contributed by atoms with Crippen LogP contribution in [0.5, 0.6) is 0 Å². The van der Waals surface area contributed by atoms with Gasteiger partial charge >= 0.3 is 0 Å². The molecule has 0 radical (unpaired) electrons. The van der Waals surface area contributed by atoms with Gasteiger partial charge in [0.2, 0.25) is 11.6 Å². The Labute approximate surface area is 86.6 Å². The largest absolute Gasteiger partial charge is 0.374 e. The quantitative estimate of drug-likeness (QED) is 0.627. The second kappa shape index (κ2) is 2.59.